The van der Waals surface area contributed by atoms with Crippen LogP contribution in [0.3, 0.4) is 0 Å². The summed E-state index contributed by atoms with van der Waals surface area (Å²) in [5, 5.41) is 4.10. The second-order valence-electron chi connectivity index (χ2n) is 5.74. The summed E-state index contributed by atoms with van der Waals surface area (Å²) in [6.45, 7) is 0. The molecule has 0 amide bonds. The van der Waals surface area contributed by atoms with Crippen LogP contribution in [0.5, 0.6) is 11.5 Å². The monoisotopic (exact) mass is 318 g/mol. The van der Waals surface area contributed by atoms with Crippen LogP contribution in [0, 0.1) is 0 Å². The lowest BCUT2D eigenvalue weighted by Gasteiger charge is -1.99. The predicted octanol–water partition coefficient (Wildman–Crippen LogP) is 5.50. The maximum Gasteiger partial charge on any atom is 0.136 e. The van der Waals surface area contributed by atoms with Crippen LogP contribution in [-0.2, 0) is 0 Å². The van der Waals surface area contributed by atoms with Crippen LogP contribution >= 0.6 is 0 Å². The minimum atomic E-state index is 0.799. The summed E-state index contributed by atoms with van der Waals surface area (Å²) in [6, 6.07) is 15.6. The first-order valence-corrected chi connectivity index (χ1v) is 7.68. The van der Waals surface area contributed by atoms with Crippen molar-refractivity contribution >= 4 is 43.9 Å². The maximum absolute atomic E-state index is 6.01. The summed E-state index contributed by atoms with van der Waals surface area (Å²) < 4.78 is 22.8. The molecule has 4 heteroatoms. The molecule has 0 radical (unpaired) electrons. The molecular weight excluding hydrogens is 304 g/mol. The molecule has 3 aromatic carbocycles. The van der Waals surface area contributed by atoms with E-state index in [1.807, 2.05) is 48.5 Å². The highest BCUT2D eigenvalue weighted by molar-refractivity contribution is 6.25. The van der Waals surface area contributed by atoms with Crippen molar-refractivity contribution in [2.75, 3.05) is 14.2 Å². The van der Waals surface area contributed by atoms with E-state index in [1.165, 1.54) is 0 Å². The fourth-order valence-electron chi connectivity index (χ4n) is 3.35. The molecule has 0 saturated carbocycles. The summed E-state index contributed by atoms with van der Waals surface area (Å²) in [4.78, 5) is 0. The average molecular weight is 318 g/mol. The number of rotatable bonds is 2. The van der Waals surface area contributed by atoms with Crippen LogP contribution in [0.25, 0.3) is 43.9 Å². The fraction of sp³-hybridized carbons (Fsp3) is 0.100. The number of benzene rings is 3. The van der Waals surface area contributed by atoms with E-state index in [0.29, 0.717) is 0 Å². The molecule has 0 aliphatic carbocycles. The van der Waals surface area contributed by atoms with Crippen LogP contribution in [-0.4, -0.2) is 14.2 Å². The van der Waals surface area contributed by atoms with Gasteiger partial charge < -0.3 is 18.3 Å². The smallest absolute Gasteiger partial charge is 0.136 e. The average Bonchev–Trinajstić information content (AvgIpc) is 3.17. The normalized spacial score (nSPS) is 11.8. The van der Waals surface area contributed by atoms with Crippen LogP contribution < -0.4 is 9.47 Å². The Morgan fingerprint density at radius 1 is 0.583 bits per heavy atom. The van der Waals surface area contributed by atoms with E-state index in [1.54, 1.807) is 14.2 Å². The van der Waals surface area contributed by atoms with Gasteiger partial charge in [-0.2, -0.15) is 0 Å². The Morgan fingerprint density at radius 3 is 1.42 bits per heavy atom. The van der Waals surface area contributed by atoms with Gasteiger partial charge in [-0.05, 0) is 48.5 Å². The Labute approximate surface area is 137 Å². The van der Waals surface area contributed by atoms with E-state index in [4.69, 9.17) is 18.3 Å². The second kappa shape index (κ2) is 4.68. The quantitative estimate of drug-likeness (QED) is 0.431. The van der Waals surface area contributed by atoms with E-state index in [2.05, 4.69) is 0 Å². The molecule has 0 aliphatic heterocycles. The van der Waals surface area contributed by atoms with Gasteiger partial charge in [0.1, 0.15) is 33.8 Å². The lowest BCUT2D eigenvalue weighted by molar-refractivity contribution is 0.415. The van der Waals surface area contributed by atoms with Crippen LogP contribution in [0.1, 0.15) is 0 Å². The van der Waals surface area contributed by atoms with Gasteiger partial charge in [0.15, 0.2) is 0 Å². The molecule has 0 spiro atoms. The molecule has 4 nitrogen and oxygen atoms in total. The second-order valence-corrected chi connectivity index (χ2v) is 5.74. The van der Waals surface area contributed by atoms with Crippen molar-refractivity contribution in [2.24, 2.45) is 0 Å². The van der Waals surface area contributed by atoms with Crippen molar-refractivity contribution in [1.82, 2.24) is 0 Å². The van der Waals surface area contributed by atoms with Gasteiger partial charge in [0, 0.05) is 21.5 Å². The van der Waals surface area contributed by atoms with Gasteiger partial charge in [0.05, 0.1) is 14.2 Å². The zero-order valence-corrected chi connectivity index (χ0v) is 13.3. The minimum absolute atomic E-state index is 0.799. The number of ether oxygens (including phenoxy) is 2. The highest BCUT2D eigenvalue weighted by Crippen LogP contribution is 2.41. The largest absolute Gasteiger partial charge is 0.497 e. The third-order valence-corrected chi connectivity index (χ3v) is 4.48. The number of fused-ring (bicyclic) bond motifs is 7. The molecule has 0 fully saturated rings. The Balaban J connectivity index is 2.03. The molecule has 5 aromatic rings. The molecule has 0 unspecified atom stereocenters. The van der Waals surface area contributed by atoms with Gasteiger partial charge in [-0.1, -0.05) is 0 Å². The molecule has 24 heavy (non-hydrogen) atoms. The van der Waals surface area contributed by atoms with Gasteiger partial charge in [-0.25, -0.2) is 0 Å². The zero-order chi connectivity index (χ0) is 16.3. The Kier molecular flexibility index (Phi) is 2.59. The Morgan fingerprint density at radius 2 is 1.00 bits per heavy atom. The highest BCUT2D eigenvalue weighted by Gasteiger charge is 2.17. The zero-order valence-electron chi connectivity index (χ0n) is 13.3. The fourth-order valence-corrected chi connectivity index (χ4v) is 3.35. The van der Waals surface area contributed by atoms with Crippen molar-refractivity contribution in [1.29, 1.82) is 0 Å². The number of hydrogen-bond acceptors (Lipinski definition) is 4. The van der Waals surface area contributed by atoms with E-state index in [0.717, 1.165) is 55.4 Å². The maximum atomic E-state index is 6.01. The lowest BCUT2D eigenvalue weighted by Crippen LogP contribution is -1.81. The van der Waals surface area contributed by atoms with E-state index in [-0.39, 0.29) is 0 Å². The summed E-state index contributed by atoms with van der Waals surface area (Å²) in [6.07, 6.45) is 0. The summed E-state index contributed by atoms with van der Waals surface area (Å²) >= 11 is 0. The SMILES string of the molecule is COc1ccc2oc3ccc4oc5ccc(OC)cc5c4c3c2c1. The predicted molar refractivity (Wildman–Crippen MR) is 94.1 cm³/mol. The molecule has 2 heterocycles. The highest BCUT2D eigenvalue weighted by atomic mass is 16.5. The third kappa shape index (κ3) is 1.68. The minimum Gasteiger partial charge on any atom is -0.497 e. The summed E-state index contributed by atoms with van der Waals surface area (Å²) in [5.74, 6) is 1.60. The standard InChI is InChI=1S/C20H14O4/c1-21-11-3-5-15-13(9-11)19-17(23-15)7-8-18-20(19)14-10-12(22-2)4-6-16(14)24-18/h3-10H,1-2H3. The van der Waals surface area contributed by atoms with Gasteiger partial charge in [-0.3, -0.25) is 0 Å². The van der Waals surface area contributed by atoms with Crippen LogP contribution in [0.2, 0.25) is 0 Å². The molecular formula is C20H14O4. The van der Waals surface area contributed by atoms with Crippen molar-refractivity contribution in [3.05, 3.63) is 48.5 Å². The lowest BCUT2D eigenvalue weighted by atomic mass is 10.1. The van der Waals surface area contributed by atoms with Crippen LogP contribution in [0.15, 0.2) is 57.4 Å². The van der Waals surface area contributed by atoms with Gasteiger partial charge >= 0.3 is 0 Å². The van der Waals surface area contributed by atoms with E-state index in [9.17, 15) is 0 Å². The molecule has 0 aliphatic rings. The molecule has 0 atom stereocenters. The van der Waals surface area contributed by atoms with E-state index >= 15 is 0 Å². The molecule has 118 valence electrons. The number of hydrogen-bond donors (Lipinski definition) is 0. The van der Waals surface area contributed by atoms with Crippen molar-refractivity contribution < 1.29 is 18.3 Å². The molecule has 0 N–H and O–H groups in total. The summed E-state index contributed by atoms with van der Waals surface area (Å²) in [7, 11) is 3.33. The number of methoxy groups -OCH3 is 2. The Bertz CT molecular complexity index is 1130. The first kappa shape index (κ1) is 13.3. The topological polar surface area (TPSA) is 44.7 Å². The molecule has 0 saturated heterocycles. The van der Waals surface area contributed by atoms with Gasteiger partial charge in [0.2, 0.25) is 0 Å². The first-order chi connectivity index (χ1) is 11.8. The van der Waals surface area contributed by atoms with Crippen molar-refractivity contribution in [2.45, 2.75) is 0 Å². The van der Waals surface area contributed by atoms with Crippen molar-refractivity contribution in [3.63, 3.8) is 0 Å². The van der Waals surface area contributed by atoms with Crippen molar-refractivity contribution in [3.8, 4) is 11.5 Å². The van der Waals surface area contributed by atoms with E-state index < -0.39 is 0 Å². The summed E-state index contributed by atoms with van der Waals surface area (Å²) in [5.41, 5.74) is 3.32. The Hall–Kier alpha value is -3.14. The third-order valence-electron chi connectivity index (χ3n) is 4.48. The van der Waals surface area contributed by atoms with Gasteiger partial charge in [0.25, 0.3) is 0 Å². The molecule has 0 bridgehead atoms. The number of furan rings is 2. The molecule has 2 aromatic heterocycles. The van der Waals surface area contributed by atoms with Crippen LogP contribution in [0.4, 0.5) is 0 Å². The first-order valence-electron chi connectivity index (χ1n) is 7.68. The molecule has 5 rings (SSSR count). The van der Waals surface area contributed by atoms with Gasteiger partial charge in [-0.15, -0.1) is 0 Å².